The minimum absolute atomic E-state index is 0. The van der Waals surface area contributed by atoms with Crippen molar-refractivity contribution in [1.29, 1.82) is 0 Å². The van der Waals surface area contributed by atoms with Crippen molar-refractivity contribution in [2.45, 2.75) is 19.0 Å². The molecule has 6 rings (SSSR count). The van der Waals surface area contributed by atoms with Crippen molar-refractivity contribution in [3.8, 4) is 5.75 Å². The smallest absolute Gasteiger partial charge is 1.00 e. The fourth-order valence-corrected chi connectivity index (χ4v) is 10.9. The van der Waals surface area contributed by atoms with Gasteiger partial charge in [-0.15, -0.1) is 0 Å². The first kappa shape index (κ1) is 33.6. The van der Waals surface area contributed by atoms with Crippen molar-refractivity contribution in [3.63, 3.8) is 0 Å². The molecule has 1 aliphatic rings. The average molecular weight is 668 g/mol. The van der Waals surface area contributed by atoms with Crippen LogP contribution in [0.1, 0.15) is 23.7 Å². The van der Waals surface area contributed by atoms with Gasteiger partial charge < -0.3 is 12.4 Å². The summed E-state index contributed by atoms with van der Waals surface area (Å²) in [5.74, 6) is 1.78. The van der Waals surface area contributed by atoms with Crippen LogP contribution in [-0.4, -0.2) is 31.2 Å². The van der Waals surface area contributed by atoms with Crippen LogP contribution < -0.4 is 54.4 Å². The number of nitrogens with zero attached hydrogens (tertiary/aromatic N) is 1. The zero-order valence-electron chi connectivity index (χ0n) is 26.1. The average Bonchev–Trinajstić information content (AvgIpc) is 3.12. The summed E-state index contributed by atoms with van der Waals surface area (Å²) in [4.78, 5) is 7.91. The van der Waals surface area contributed by atoms with Gasteiger partial charge in [0.15, 0.2) is 0 Å². The summed E-state index contributed by atoms with van der Waals surface area (Å²) in [6.07, 6.45) is 1.42. The molecule has 1 aliphatic heterocycles. The van der Waals surface area contributed by atoms with E-state index in [0.717, 1.165) is 46.2 Å². The van der Waals surface area contributed by atoms with E-state index in [2.05, 4.69) is 32.8 Å². The monoisotopic (exact) mass is 667 g/mol. The van der Waals surface area contributed by atoms with Crippen molar-refractivity contribution in [2.75, 3.05) is 19.3 Å². The van der Waals surface area contributed by atoms with Crippen LogP contribution in [0.4, 0.5) is 4.20 Å². The predicted octanol–water partition coefficient (Wildman–Crippen LogP) is 1.06. The molecule has 9 heteroatoms. The molecule has 47 heavy (non-hydrogen) atoms. The van der Waals surface area contributed by atoms with Gasteiger partial charge in [0.25, 0.3) is 0 Å². The Morgan fingerprint density at radius 2 is 1.23 bits per heavy atom. The van der Waals surface area contributed by atoms with Crippen LogP contribution in [0.15, 0.2) is 151 Å². The normalized spacial score (nSPS) is 16.0. The van der Waals surface area contributed by atoms with Crippen molar-refractivity contribution in [3.05, 3.63) is 157 Å². The van der Waals surface area contributed by atoms with Gasteiger partial charge in [-0.05, 0) is 5.56 Å². The molecule has 1 heterocycles. The third-order valence-electron chi connectivity index (χ3n) is 8.43. The van der Waals surface area contributed by atoms with E-state index >= 15 is 4.20 Å². The van der Waals surface area contributed by atoms with E-state index in [-0.39, 0.29) is 18.6 Å². The van der Waals surface area contributed by atoms with Crippen molar-refractivity contribution in [1.82, 2.24) is 10.6 Å². The first-order valence-corrected chi connectivity index (χ1v) is 18.0. The molecule has 5 aromatic rings. The van der Waals surface area contributed by atoms with E-state index < -0.39 is 6.91 Å². The topological polar surface area (TPSA) is 85.6 Å². The third-order valence-corrected chi connectivity index (χ3v) is 13.7. The SMILES string of the molecule is NC1=NC(c2ccc(OCCCP(F)(c3ccccc3)(c3ccccc3)c3ccccc3)cc2)NC(=[NH+]CCc2ccccc2)N1.[Cl-]. The predicted molar refractivity (Wildman–Crippen MR) is 189 cm³/mol. The van der Waals surface area contributed by atoms with Crippen molar-refractivity contribution in [2.24, 2.45) is 10.7 Å². The summed E-state index contributed by atoms with van der Waals surface area (Å²) >= 11 is 0. The Morgan fingerprint density at radius 1 is 0.723 bits per heavy atom. The first-order valence-electron chi connectivity index (χ1n) is 15.7. The number of ether oxygens (including phenoxy) is 1. The van der Waals surface area contributed by atoms with E-state index in [1.807, 2.05) is 133 Å². The molecule has 0 saturated carbocycles. The van der Waals surface area contributed by atoms with Gasteiger partial charge in [0, 0.05) is 6.42 Å². The molecule has 0 aromatic heterocycles. The number of halogens is 2. The molecule has 0 spiro atoms. The molecule has 0 fully saturated rings. The van der Waals surface area contributed by atoms with E-state index in [0.29, 0.717) is 25.1 Å². The Labute approximate surface area is 282 Å². The molecule has 1 atom stereocenters. The minimum Gasteiger partial charge on any atom is -1.00 e. The van der Waals surface area contributed by atoms with Gasteiger partial charge in [0.05, 0.1) is 6.54 Å². The number of guanidine groups is 2. The maximum atomic E-state index is 18.6. The zero-order valence-corrected chi connectivity index (χ0v) is 27.8. The number of hydrogen-bond donors (Lipinski definition) is 4. The molecule has 0 aliphatic carbocycles. The first-order chi connectivity index (χ1) is 22.5. The van der Waals surface area contributed by atoms with Gasteiger partial charge in [-0.2, -0.15) is 0 Å². The van der Waals surface area contributed by atoms with E-state index in [1.54, 1.807) is 0 Å². The van der Waals surface area contributed by atoms with Crippen LogP contribution in [0.3, 0.4) is 0 Å². The summed E-state index contributed by atoms with van der Waals surface area (Å²) in [6, 6.07) is 47.1. The molecule has 242 valence electrons. The molecule has 0 radical (unpaired) electrons. The minimum atomic E-state index is -4.28. The summed E-state index contributed by atoms with van der Waals surface area (Å²) in [6.45, 7) is -3.16. The number of nitrogens with two attached hydrogens (primary N) is 1. The van der Waals surface area contributed by atoms with Gasteiger partial charge in [0.1, 0.15) is 0 Å². The number of rotatable bonds is 12. The van der Waals surface area contributed by atoms with Gasteiger partial charge in [0.2, 0.25) is 0 Å². The Bertz CT molecular complexity index is 1680. The van der Waals surface area contributed by atoms with Gasteiger partial charge in [-0.1, -0.05) is 30.3 Å². The van der Waals surface area contributed by atoms with E-state index in [1.165, 1.54) is 5.56 Å². The molecular weight excluding hydrogens is 628 g/mol. The summed E-state index contributed by atoms with van der Waals surface area (Å²) in [5.41, 5.74) is 8.31. The molecule has 1 unspecified atom stereocenters. The molecule has 6 nitrogen and oxygen atoms in total. The fourth-order valence-electron chi connectivity index (χ4n) is 6.08. The second kappa shape index (κ2) is 15.3. The Kier molecular flexibility index (Phi) is 10.9. The van der Waals surface area contributed by atoms with Crippen LogP contribution in [0.25, 0.3) is 0 Å². The number of benzene rings is 5. The Balaban J connectivity index is 0.00000433. The standard InChI is InChI=1S/C38H39FN5OP.ClH/c39-46(33-16-7-2-8-17-33,34-18-9-3-10-19-34,35-20-11-4-12-21-35)29-13-28-45-32-24-22-31(23-25-32)36-42-37(40)44-38(43-36)41-27-26-30-14-5-1-6-15-30;/h1-12,14-25,36H,13,26-29H2,(H4,40,41,42,43,44);1H. The van der Waals surface area contributed by atoms with Crippen LogP contribution in [0.5, 0.6) is 5.75 Å². The summed E-state index contributed by atoms with van der Waals surface area (Å²) < 4.78 is 24.8. The molecule has 5 aromatic carbocycles. The van der Waals surface area contributed by atoms with Crippen LogP contribution in [-0.2, 0) is 6.42 Å². The molecule has 0 saturated heterocycles. The Hall–Kier alpha value is -4.71. The zero-order chi connectivity index (χ0) is 31.7. The van der Waals surface area contributed by atoms with E-state index in [9.17, 15) is 0 Å². The summed E-state index contributed by atoms with van der Waals surface area (Å²) in [5, 5.41) is 8.64. The molecule has 0 bridgehead atoms. The van der Waals surface area contributed by atoms with Gasteiger partial charge >= 0.3 is 222 Å². The molecule has 0 amide bonds. The van der Waals surface area contributed by atoms with Crippen LogP contribution in [0, 0.1) is 0 Å². The third kappa shape index (κ3) is 7.48. The number of hydrogen-bond acceptors (Lipinski definition) is 3. The second-order valence-corrected chi connectivity index (χ2v) is 15.8. The molecule has 5 N–H and O–H groups in total. The maximum absolute atomic E-state index is 18.6. The van der Waals surface area contributed by atoms with Gasteiger partial charge in [-0.3, -0.25) is 0 Å². The van der Waals surface area contributed by atoms with Crippen LogP contribution in [0.2, 0.25) is 0 Å². The molecular formula is C38H40ClFN5OP. The number of nitrogens with one attached hydrogen (secondary N) is 3. The second-order valence-electron chi connectivity index (χ2n) is 11.4. The van der Waals surface area contributed by atoms with Crippen LogP contribution >= 0.6 is 6.91 Å². The van der Waals surface area contributed by atoms with Crippen molar-refractivity contribution < 1.29 is 26.3 Å². The van der Waals surface area contributed by atoms with Crippen molar-refractivity contribution >= 4 is 34.7 Å². The van der Waals surface area contributed by atoms with Gasteiger partial charge in [-0.25, -0.2) is 0 Å². The van der Waals surface area contributed by atoms with E-state index in [4.69, 9.17) is 10.5 Å². The summed E-state index contributed by atoms with van der Waals surface area (Å²) in [7, 11) is 0. The fraction of sp³-hybridized carbons (Fsp3) is 0.158. The number of aliphatic imine (C=N–C) groups is 1. The Morgan fingerprint density at radius 3 is 1.77 bits per heavy atom. The quantitative estimate of drug-likeness (QED) is 0.119.